The Morgan fingerprint density at radius 3 is 2.07 bits per heavy atom. The number of benzene rings is 2. The van der Waals surface area contributed by atoms with Gasteiger partial charge in [0.25, 0.3) is 0 Å². The zero-order valence-corrected chi connectivity index (χ0v) is 17.2. The maximum atomic E-state index is 12.0. The molecule has 0 atom stereocenters. The molecule has 1 aliphatic heterocycles. The van der Waals surface area contributed by atoms with E-state index in [9.17, 15) is 9.59 Å². The SMILES string of the molecule is CCc1ccc(NC(=O)C(=O)NCCc2ccc(N3CCCCCC3)cc2)cc1. The minimum absolute atomic E-state index is 0.435. The highest BCUT2D eigenvalue weighted by Gasteiger charge is 2.13. The molecule has 154 valence electrons. The second-order valence-electron chi connectivity index (χ2n) is 7.58. The number of rotatable bonds is 6. The van der Waals surface area contributed by atoms with E-state index in [1.807, 2.05) is 24.3 Å². The highest BCUT2D eigenvalue weighted by molar-refractivity contribution is 6.39. The Labute approximate surface area is 173 Å². The lowest BCUT2D eigenvalue weighted by Crippen LogP contribution is -2.36. The van der Waals surface area contributed by atoms with Gasteiger partial charge in [0, 0.05) is 31.0 Å². The molecule has 0 unspecified atom stereocenters. The third-order valence-electron chi connectivity index (χ3n) is 5.43. The van der Waals surface area contributed by atoms with Crippen LogP contribution < -0.4 is 15.5 Å². The van der Waals surface area contributed by atoms with Crippen molar-refractivity contribution in [2.45, 2.75) is 45.4 Å². The summed E-state index contributed by atoms with van der Waals surface area (Å²) < 4.78 is 0. The van der Waals surface area contributed by atoms with Crippen LogP contribution in [0.1, 0.15) is 43.7 Å². The lowest BCUT2D eigenvalue weighted by atomic mass is 10.1. The van der Waals surface area contributed by atoms with Gasteiger partial charge in [-0.15, -0.1) is 0 Å². The van der Waals surface area contributed by atoms with Crippen LogP contribution in [-0.2, 0) is 22.4 Å². The van der Waals surface area contributed by atoms with Gasteiger partial charge >= 0.3 is 11.8 Å². The zero-order chi connectivity index (χ0) is 20.5. The molecule has 3 rings (SSSR count). The normalized spacial score (nSPS) is 14.2. The van der Waals surface area contributed by atoms with Gasteiger partial charge < -0.3 is 15.5 Å². The van der Waals surface area contributed by atoms with E-state index in [-0.39, 0.29) is 0 Å². The molecular formula is C24H31N3O2. The molecule has 29 heavy (non-hydrogen) atoms. The van der Waals surface area contributed by atoms with Gasteiger partial charge in [0.05, 0.1) is 0 Å². The van der Waals surface area contributed by atoms with Crippen LogP contribution in [0.25, 0.3) is 0 Å². The van der Waals surface area contributed by atoms with E-state index in [0.717, 1.165) is 25.1 Å². The van der Waals surface area contributed by atoms with Crippen molar-refractivity contribution in [3.8, 4) is 0 Å². The van der Waals surface area contributed by atoms with E-state index in [1.54, 1.807) is 0 Å². The van der Waals surface area contributed by atoms with Gasteiger partial charge in [-0.2, -0.15) is 0 Å². The van der Waals surface area contributed by atoms with Crippen molar-refractivity contribution >= 4 is 23.2 Å². The number of hydrogen-bond donors (Lipinski definition) is 2. The highest BCUT2D eigenvalue weighted by atomic mass is 16.2. The summed E-state index contributed by atoms with van der Waals surface area (Å²) in [7, 11) is 0. The van der Waals surface area contributed by atoms with Crippen LogP contribution in [0.15, 0.2) is 48.5 Å². The van der Waals surface area contributed by atoms with E-state index in [0.29, 0.717) is 18.7 Å². The molecule has 0 spiro atoms. The molecule has 2 aromatic carbocycles. The van der Waals surface area contributed by atoms with Crippen LogP contribution in [0.3, 0.4) is 0 Å². The summed E-state index contributed by atoms with van der Waals surface area (Å²) in [4.78, 5) is 26.5. The van der Waals surface area contributed by atoms with Crippen LogP contribution >= 0.6 is 0 Å². The summed E-state index contributed by atoms with van der Waals surface area (Å²) in [5.41, 5.74) is 4.24. The molecule has 1 aliphatic rings. The molecule has 0 aliphatic carbocycles. The molecule has 1 heterocycles. The first kappa shape index (κ1) is 20.9. The van der Waals surface area contributed by atoms with Gasteiger partial charge in [-0.1, -0.05) is 44.0 Å². The molecule has 5 heteroatoms. The maximum Gasteiger partial charge on any atom is 0.313 e. The van der Waals surface area contributed by atoms with Crippen molar-refractivity contribution in [3.63, 3.8) is 0 Å². The molecule has 2 N–H and O–H groups in total. The zero-order valence-electron chi connectivity index (χ0n) is 17.2. The Balaban J connectivity index is 1.42. The van der Waals surface area contributed by atoms with Gasteiger partial charge in [-0.05, 0) is 61.1 Å². The van der Waals surface area contributed by atoms with Crippen LogP contribution in [-0.4, -0.2) is 31.4 Å². The number of anilines is 2. The number of nitrogens with zero attached hydrogens (tertiary/aromatic N) is 1. The Kier molecular flexibility index (Phi) is 7.68. The monoisotopic (exact) mass is 393 g/mol. The van der Waals surface area contributed by atoms with Crippen molar-refractivity contribution in [3.05, 3.63) is 59.7 Å². The molecule has 0 bridgehead atoms. The van der Waals surface area contributed by atoms with Crippen LogP contribution in [0, 0.1) is 0 Å². The second kappa shape index (κ2) is 10.6. The van der Waals surface area contributed by atoms with Crippen LogP contribution in [0.4, 0.5) is 11.4 Å². The molecule has 1 fully saturated rings. The molecule has 2 amide bonds. The first-order valence-electron chi connectivity index (χ1n) is 10.7. The fraction of sp³-hybridized carbons (Fsp3) is 0.417. The summed E-state index contributed by atoms with van der Waals surface area (Å²) in [5.74, 6) is -1.24. The van der Waals surface area contributed by atoms with Crippen molar-refractivity contribution in [2.24, 2.45) is 0 Å². The largest absolute Gasteiger partial charge is 0.372 e. The minimum Gasteiger partial charge on any atom is -0.372 e. The topological polar surface area (TPSA) is 61.4 Å². The Morgan fingerprint density at radius 2 is 1.45 bits per heavy atom. The van der Waals surface area contributed by atoms with E-state index >= 15 is 0 Å². The molecule has 5 nitrogen and oxygen atoms in total. The smallest absolute Gasteiger partial charge is 0.313 e. The van der Waals surface area contributed by atoms with Crippen LogP contribution in [0.5, 0.6) is 0 Å². The van der Waals surface area contributed by atoms with Crippen molar-refractivity contribution < 1.29 is 9.59 Å². The Morgan fingerprint density at radius 1 is 0.828 bits per heavy atom. The number of carbonyl (C=O) groups is 2. The van der Waals surface area contributed by atoms with E-state index < -0.39 is 11.8 Å². The number of carbonyl (C=O) groups excluding carboxylic acids is 2. The number of aryl methyl sites for hydroxylation is 1. The summed E-state index contributed by atoms with van der Waals surface area (Å²) in [6.45, 7) is 4.77. The van der Waals surface area contributed by atoms with Gasteiger partial charge in [0.1, 0.15) is 0 Å². The summed E-state index contributed by atoms with van der Waals surface area (Å²) in [6, 6.07) is 16.1. The molecule has 0 aromatic heterocycles. The van der Waals surface area contributed by atoms with Gasteiger partial charge in [-0.3, -0.25) is 9.59 Å². The predicted octanol–water partition coefficient (Wildman–Crippen LogP) is 3.93. The third kappa shape index (κ3) is 6.34. The standard InChI is InChI=1S/C24H31N3O2/c1-2-19-7-11-21(12-8-19)26-24(29)23(28)25-16-15-20-9-13-22(14-10-20)27-17-5-3-4-6-18-27/h7-14H,2-6,15-18H2,1H3,(H,25,28)(H,26,29). The molecule has 1 saturated heterocycles. The number of amides is 2. The fourth-order valence-corrected chi connectivity index (χ4v) is 3.61. The van der Waals surface area contributed by atoms with Gasteiger partial charge in [0.15, 0.2) is 0 Å². The third-order valence-corrected chi connectivity index (χ3v) is 5.43. The predicted molar refractivity (Wildman–Crippen MR) is 118 cm³/mol. The first-order chi connectivity index (χ1) is 14.2. The molecule has 2 aromatic rings. The number of nitrogens with one attached hydrogen (secondary N) is 2. The second-order valence-corrected chi connectivity index (χ2v) is 7.58. The summed E-state index contributed by atoms with van der Waals surface area (Å²) in [6.07, 6.45) is 6.81. The Hall–Kier alpha value is -2.82. The van der Waals surface area contributed by atoms with Gasteiger partial charge in [-0.25, -0.2) is 0 Å². The Bertz CT molecular complexity index is 792. The fourth-order valence-electron chi connectivity index (χ4n) is 3.61. The lowest BCUT2D eigenvalue weighted by molar-refractivity contribution is -0.136. The summed E-state index contributed by atoms with van der Waals surface area (Å²) in [5, 5.41) is 5.33. The average molecular weight is 394 g/mol. The first-order valence-corrected chi connectivity index (χ1v) is 10.7. The quantitative estimate of drug-likeness (QED) is 0.731. The molecule has 0 radical (unpaired) electrons. The van der Waals surface area contributed by atoms with E-state index in [2.05, 4.69) is 46.7 Å². The van der Waals surface area contributed by atoms with E-state index in [1.165, 1.54) is 36.9 Å². The molecule has 0 saturated carbocycles. The summed E-state index contributed by atoms with van der Waals surface area (Å²) >= 11 is 0. The van der Waals surface area contributed by atoms with Crippen molar-refractivity contribution in [1.82, 2.24) is 5.32 Å². The minimum atomic E-state index is -0.634. The van der Waals surface area contributed by atoms with Crippen molar-refractivity contribution in [2.75, 3.05) is 29.9 Å². The van der Waals surface area contributed by atoms with Crippen LogP contribution in [0.2, 0.25) is 0 Å². The number of hydrogen-bond acceptors (Lipinski definition) is 3. The van der Waals surface area contributed by atoms with Crippen molar-refractivity contribution in [1.29, 1.82) is 0 Å². The maximum absolute atomic E-state index is 12.0. The highest BCUT2D eigenvalue weighted by Crippen LogP contribution is 2.20. The van der Waals surface area contributed by atoms with E-state index in [4.69, 9.17) is 0 Å². The lowest BCUT2D eigenvalue weighted by Gasteiger charge is -2.22. The molecular weight excluding hydrogens is 362 g/mol. The average Bonchev–Trinajstić information content (AvgIpc) is 3.04. The van der Waals surface area contributed by atoms with Gasteiger partial charge in [0.2, 0.25) is 0 Å².